The van der Waals surface area contributed by atoms with E-state index in [4.69, 9.17) is 0 Å². The van der Waals surface area contributed by atoms with Crippen LogP contribution >= 0.6 is 0 Å². The maximum absolute atomic E-state index is 14.0. The van der Waals surface area contributed by atoms with Gasteiger partial charge in [0.2, 0.25) is 15.9 Å². The summed E-state index contributed by atoms with van der Waals surface area (Å²) >= 11 is 0. The van der Waals surface area contributed by atoms with E-state index in [0.29, 0.717) is 17.5 Å². The van der Waals surface area contributed by atoms with Crippen molar-refractivity contribution in [1.29, 1.82) is 0 Å². The summed E-state index contributed by atoms with van der Waals surface area (Å²) in [4.78, 5) is 15.9. The van der Waals surface area contributed by atoms with E-state index in [0.717, 1.165) is 24.8 Å². The summed E-state index contributed by atoms with van der Waals surface area (Å²) in [6, 6.07) is 5.92. The largest absolute Gasteiger partial charge is 0.433 e. The first kappa shape index (κ1) is 26.3. The smallest absolute Gasteiger partial charge is 0.348 e. The molecule has 2 N–H and O–H groups in total. The summed E-state index contributed by atoms with van der Waals surface area (Å²) in [6.45, 7) is 3.79. The lowest BCUT2D eigenvalue weighted by Crippen LogP contribution is -2.20. The molecule has 0 aliphatic rings. The molecule has 1 heterocycles. The molecule has 2 aromatic rings. The third-order valence-corrected chi connectivity index (χ3v) is 5.34. The van der Waals surface area contributed by atoms with Crippen molar-refractivity contribution in [2.45, 2.75) is 39.4 Å². The lowest BCUT2D eigenvalue weighted by molar-refractivity contribution is -0.141. The number of sulfonamides is 1. The van der Waals surface area contributed by atoms with Gasteiger partial charge in [0.15, 0.2) is 0 Å². The maximum Gasteiger partial charge on any atom is 0.433 e. The van der Waals surface area contributed by atoms with E-state index in [9.17, 15) is 30.8 Å². The molecule has 0 fully saturated rings. The van der Waals surface area contributed by atoms with Crippen molar-refractivity contribution in [2.24, 2.45) is 5.92 Å². The number of aromatic nitrogens is 1. The van der Waals surface area contributed by atoms with Crippen LogP contribution in [0.25, 0.3) is 6.08 Å². The predicted octanol–water partition coefficient (Wildman–Crippen LogP) is 4.53. The number of hydrogen-bond acceptors (Lipinski definition) is 4. The zero-order chi connectivity index (χ0) is 24.8. The van der Waals surface area contributed by atoms with Crippen molar-refractivity contribution in [3.8, 4) is 0 Å². The Hall–Kier alpha value is -2.95. The first-order valence-corrected chi connectivity index (χ1v) is 12.0. The highest BCUT2D eigenvalue weighted by molar-refractivity contribution is 7.92. The Bertz CT molecular complexity index is 1130. The summed E-state index contributed by atoms with van der Waals surface area (Å²) in [7, 11) is -3.63. The fourth-order valence-electron chi connectivity index (χ4n) is 2.82. The Kier molecular flexibility index (Phi) is 8.59. The molecule has 2 rings (SSSR count). The van der Waals surface area contributed by atoms with Gasteiger partial charge in [-0.2, -0.15) is 13.2 Å². The number of hydrogen-bond donors (Lipinski definition) is 2. The van der Waals surface area contributed by atoms with E-state index in [1.54, 1.807) is 0 Å². The van der Waals surface area contributed by atoms with Gasteiger partial charge in [0.25, 0.3) is 0 Å². The average Bonchev–Trinajstić information content (AvgIpc) is 2.71. The summed E-state index contributed by atoms with van der Waals surface area (Å²) in [5.41, 5.74) is -0.156. The van der Waals surface area contributed by atoms with Gasteiger partial charge in [-0.05, 0) is 47.7 Å². The molecular weight excluding hydrogens is 462 g/mol. The zero-order valence-corrected chi connectivity index (χ0v) is 19.1. The van der Waals surface area contributed by atoms with Gasteiger partial charge in [0.05, 0.1) is 11.9 Å². The highest BCUT2D eigenvalue weighted by Gasteiger charge is 2.33. The van der Waals surface area contributed by atoms with Crippen molar-refractivity contribution in [1.82, 2.24) is 10.3 Å². The highest BCUT2D eigenvalue weighted by Crippen LogP contribution is 2.29. The SMILES string of the molecule is CCC(C)Cc1nc(C(F)(F)F)ccc1C=CC(=O)NCc1ccc(NS(C)(=O)=O)c(F)c1. The molecule has 33 heavy (non-hydrogen) atoms. The summed E-state index contributed by atoms with van der Waals surface area (Å²) in [5.74, 6) is -1.23. The van der Waals surface area contributed by atoms with Crippen LogP contribution in [0.4, 0.5) is 23.2 Å². The van der Waals surface area contributed by atoms with E-state index < -0.39 is 33.6 Å². The molecular formula is C22H25F4N3O3S. The fourth-order valence-corrected chi connectivity index (χ4v) is 3.39. The number of nitrogens with one attached hydrogen (secondary N) is 2. The number of amides is 1. The molecule has 0 bridgehead atoms. The van der Waals surface area contributed by atoms with Gasteiger partial charge in [0, 0.05) is 18.3 Å². The van der Waals surface area contributed by atoms with E-state index in [1.807, 2.05) is 18.6 Å². The summed E-state index contributed by atoms with van der Waals surface area (Å²) < 4.78 is 77.6. The first-order valence-electron chi connectivity index (χ1n) is 10.1. The van der Waals surface area contributed by atoms with Crippen molar-refractivity contribution in [2.75, 3.05) is 11.0 Å². The predicted molar refractivity (Wildman–Crippen MR) is 118 cm³/mol. The molecule has 1 atom stereocenters. The van der Waals surface area contributed by atoms with Crippen molar-refractivity contribution in [3.63, 3.8) is 0 Å². The van der Waals surface area contributed by atoms with E-state index >= 15 is 0 Å². The topological polar surface area (TPSA) is 88.2 Å². The molecule has 0 aliphatic heterocycles. The van der Waals surface area contributed by atoms with E-state index in [1.165, 1.54) is 30.4 Å². The molecule has 6 nitrogen and oxygen atoms in total. The van der Waals surface area contributed by atoms with Gasteiger partial charge in [-0.15, -0.1) is 0 Å². The van der Waals surface area contributed by atoms with Crippen LogP contribution in [0.15, 0.2) is 36.4 Å². The third kappa shape index (κ3) is 8.49. The second kappa shape index (κ2) is 10.8. The summed E-state index contributed by atoms with van der Waals surface area (Å²) in [6.07, 6.45) is -0.0232. The maximum atomic E-state index is 14.0. The quantitative estimate of drug-likeness (QED) is 0.402. The third-order valence-electron chi connectivity index (χ3n) is 4.75. The standard InChI is InChI=1S/C22H25F4N3O3S/c1-4-14(2)11-19-16(6-9-20(28-19)22(24,25)26)7-10-21(30)27-13-15-5-8-18(17(23)12-15)29-33(3,31)32/h5-10,12,14,29H,4,11,13H2,1-3H3,(H,27,30). The Labute approximate surface area is 190 Å². The normalized spacial score (nSPS) is 13.2. The molecule has 180 valence electrons. The molecule has 1 unspecified atom stereocenters. The molecule has 0 spiro atoms. The Morgan fingerprint density at radius 3 is 2.48 bits per heavy atom. The molecule has 0 saturated carbocycles. The van der Waals surface area contributed by atoms with Crippen molar-refractivity contribution in [3.05, 3.63) is 64.7 Å². The molecule has 0 radical (unpaired) electrons. The van der Waals surface area contributed by atoms with Gasteiger partial charge in [-0.1, -0.05) is 32.4 Å². The van der Waals surface area contributed by atoms with Gasteiger partial charge >= 0.3 is 6.18 Å². The van der Waals surface area contributed by atoms with Crippen molar-refractivity contribution >= 4 is 27.7 Å². The molecule has 1 amide bonds. The minimum absolute atomic E-state index is 0.0375. The van der Waals surface area contributed by atoms with Crippen LogP contribution in [-0.4, -0.2) is 25.6 Å². The molecule has 11 heteroatoms. The number of halogens is 4. The molecule has 0 aliphatic carbocycles. The molecule has 0 saturated heterocycles. The number of alkyl halides is 3. The van der Waals surface area contributed by atoms with Crippen LogP contribution in [-0.2, 0) is 34.0 Å². The van der Waals surface area contributed by atoms with Crippen LogP contribution in [0.5, 0.6) is 0 Å². The number of carbonyl (C=O) groups is 1. The number of anilines is 1. The van der Waals surface area contributed by atoms with Crippen LogP contribution < -0.4 is 10.0 Å². The minimum Gasteiger partial charge on any atom is -0.348 e. The number of rotatable bonds is 9. The van der Waals surface area contributed by atoms with Crippen LogP contribution in [0.1, 0.15) is 42.8 Å². The fraction of sp³-hybridized carbons (Fsp3) is 0.364. The lowest BCUT2D eigenvalue weighted by Gasteiger charge is -2.13. The van der Waals surface area contributed by atoms with E-state index in [2.05, 4.69) is 10.3 Å². The number of nitrogens with zero attached hydrogens (tertiary/aromatic N) is 1. The number of benzene rings is 1. The summed E-state index contributed by atoms with van der Waals surface area (Å²) in [5, 5.41) is 2.54. The second-order valence-electron chi connectivity index (χ2n) is 7.69. The van der Waals surface area contributed by atoms with Gasteiger partial charge in [-0.3, -0.25) is 9.52 Å². The minimum atomic E-state index is -4.56. The van der Waals surface area contributed by atoms with Gasteiger partial charge in [0.1, 0.15) is 11.5 Å². The van der Waals surface area contributed by atoms with Gasteiger partial charge < -0.3 is 5.32 Å². The molecule has 1 aromatic heterocycles. The average molecular weight is 488 g/mol. The number of pyridine rings is 1. The lowest BCUT2D eigenvalue weighted by atomic mass is 9.99. The van der Waals surface area contributed by atoms with E-state index in [-0.39, 0.29) is 23.8 Å². The first-order chi connectivity index (χ1) is 15.3. The Morgan fingerprint density at radius 1 is 1.21 bits per heavy atom. The number of carbonyl (C=O) groups excluding carboxylic acids is 1. The highest BCUT2D eigenvalue weighted by atomic mass is 32.2. The second-order valence-corrected chi connectivity index (χ2v) is 9.44. The van der Waals surface area contributed by atoms with Gasteiger partial charge in [-0.25, -0.2) is 17.8 Å². The molecule has 1 aromatic carbocycles. The van der Waals surface area contributed by atoms with Crippen LogP contribution in [0.2, 0.25) is 0 Å². The zero-order valence-electron chi connectivity index (χ0n) is 18.3. The van der Waals surface area contributed by atoms with Crippen LogP contribution in [0, 0.1) is 11.7 Å². The van der Waals surface area contributed by atoms with Crippen LogP contribution in [0.3, 0.4) is 0 Å². The monoisotopic (exact) mass is 487 g/mol. The van der Waals surface area contributed by atoms with Crippen molar-refractivity contribution < 1.29 is 30.8 Å². The Balaban J connectivity index is 2.10. The Morgan fingerprint density at radius 2 is 1.91 bits per heavy atom.